The third-order valence-electron chi connectivity index (χ3n) is 4.97. The number of nitrogens with one attached hydrogen (secondary N) is 1. The van der Waals surface area contributed by atoms with Crippen molar-refractivity contribution in [1.29, 1.82) is 0 Å². The molecule has 3 heterocycles. The van der Waals surface area contributed by atoms with Gasteiger partial charge >= 0.3 is 13.8 Å². The number of alkyl halides is 3. The number of aromatic nitrogens is 3. The monoisotopic (exact) mass is 517 g/mol. The summed E-state index contributed by atoms with van der Waals surface area (Å²) in [6.07, 6.45) is -11.7. The first-order valence-electron chi connectivity index (χ1n) is 9.50. The Balaban J connectivity index is 1.87. The molecule has 5 unspecified atom stereocenters. The standard InChI is InChI=1S/C17H20F4N3O7PS/c1-5(31-32(28,29)6(2)25)3-9-10(26)11(27)12(30-9)7-4-8-15(24-16(7)33)23-13(14(18)22-8)17(19,20)21/h4-6,9-12,25-27H,3H2,1-2H3,(H,28,29)(H,23,24,33)/t5?,6?,9-,10?,11?,12+/m1/s1. The number of fused-ring (bicyclic) bond motifs is 1. The van der Waals surface area contributed by atoms with E-state index >= 15 is 0 Å². The maximum atomic E-state index is 13.8. The lowest BCUT2D eigenvalue weighted by molar-refractivity contribution is -0.143. The van der Waals surface area contributed by atoms with Crippen LogP contribution in [0.1, 0.15) is 37.6 Å². The van der Waals surface area contributed by atoms with Crippen LogP contribution in [0.15, 0.2) is 6.07 Å². The Labute approximate surface area is 188 Å². The van der Waals surface area contributed by atoms with E-state index in [9.17, 15) is 42.3 Å². The van der Waals surface area contributed by atoms with Crippen molar-refractivity contribution in [3.63, 3.8) is 0 Å². The topological polar surface area (TPSA) is 158 Å². The van der Waals surface area contributed by atoms with E-state index in [0.717, 1.165) is 13.0 Å². The molecule has 7 atom stereocenters. The van der Waals surface area contributed by atoms with Crippen molar-refractivity contribution >= 4 is 31.0 Å². The number of hydrogen-bond donors (Lipinski definition) is 5. The van der Waals surface area contributed by atoms with Crippen molar-refractivity contribution in [2.45, 2.75) is 62.8 Å². The molecule has 5 N–H and O–H groups in total. The lowest BCUT2D eigenvalue weighted by Crippen LogP contribution is -2.32. The number of aromatic amines is 1. The molecule has 1 fully saturated rings. The summed E-state index contributed by atoms with van der Waals surface area (Å²) in [6.45, 7) is 2.46. The first-order chi connectivity index (χ1) is 15.1. The molecular weight excluding hydrogens is 497 g/mol. The van der Waals surface area contributed by atoms with E-state index in [2.05, 4.69) is 15.0 Å². The van der Waals surface area contributed by atoms with Crippen LogP contribution < -0.4 is 0 Å². The molecule has 184 valence electrons. The second-order valence-electron chi connectivity index (χ2n) is 7.57. The molecule has 1 aliphatic heterocycles. The van der Waals surface area contributed by atoms with Gasteiger partial charge in [0.2, 0.25) is 11.6 Å². The molecule has 10 nitrogen and oxygen atoms in total. The minimum Gasteiger partial charge on any atom is -0.388 e. The fraction of sp³-hybridized carbons (Fsp3) is 0.588. The summed E-state index contributed by atoms with van der Waals surface area (Å²) in [5, 5.41) is 30.1. The van der Waals surface area contributed by atoms with E-state index in [-0.39, 0.29) is 22.1 Å². The molecule has 3 rings (SSSR count). The molecule has 0 bridgehead atoms. The van der Waals surface area contributed by atoms with Crippen molar-refractivity contribution in [3.8, 4) is 0 Å². The highest BCUT2D eigenvalue weighted by Crippen LogP contribution is 2.48. The lowest BCUT2D eigenvalue weighted by Gasteiger charge is -2.23. The second kappa shape index (κ2) is 9.23. The van der Waals surface area contributed by atoms with Gasteiger partial charge in [0.05, 0.1) is 12.2 Å². The van der Waals surface area contributed by atoms with Gasteiger partial charge < -0.3 is 34.5 Å². The van der Waals surface area contributed by atoms with Crippen molar-refractivity contribution in [1.82, 2.24) is 15.0 Å². The van der Waals surface area contributed by atoms with Crippen LogP contribution >= 0.6 is 19.8 Å². The summed E-state index contributed by atoms with van der Waals surface area (Å²) in [6, 6.07) is 1.09. The van der Waals surface area contributed by atoms with E-state index < -0.39 is 67.4 Å². The van der Waals surface area contributed by atoms with Gasteiger partial charge in [0, 0.05) is 12.0 Å². The Kier molecular flexibility index (Phi) is 7.28. The Morgan fingerprint density at radius 2 is 1.94 bits per heavy atom. The van der Waals surface area contributed by atoms with Crippen LogP contribution in [0.2, 0.25) is 0 Å². The molecule has 2 aromatic heterocycles. The Morgan fingerprint density at radius 3 is 2.52 bits per heavy atom. The first kappa shape index (κ1) is 26.0. The maximum Gasteiger partial charge on any atom is 0.438 e. The molecule has 0 aliphatic carbocycles. The van der Waals surface area contributed by atoms with E-state index in [4.69, 9.17) is 21.5 Å². The number of H-pyrrole nitrogens is 1. The molecule has 0 saturated carbocycles. The van der Waals surface area contributed by atoms with Gasteiger partial charge in [-0.15, -0.1) is 0 Å². The van der Waals surface area contributed by atoms with Gasteiger partial charge in [-0.05, 0) is 19.9 Å². The summed E-state index contributed by atoms with van der Waals surface area (Å²) in [4.78, 5) is 18.4. The molecule has 0 aromatic carbocycles. The van der Waals surface area contributed by atoms with Crippen molar-refractivity contribution in [3.05, 3.63) is 27.9 Å². The number of aliphatic hydroxyl groups is 3. The van der Waals surface area contributed by atoms with Crippen molar-refractivity contribution in [2.75, 3.05) is 0 Å². The van der Waals surface area contributed by atoms with Gasteiger partial charge in [-0.1, -0.05) is 12.2 Å². The fourth-order valence-electron chi connectivity index (χ4n) is 3.32. The zero-order valence-electron chi connectivity index (χ0n) is 17.0. The summed E-state index contributed by atoms with van der Waals surface area (Å²) in [5.41, 5.74) is -2.59. The number of halogens is 4. The number of nitrogens with zero attached hydrogens (tertiary/aromatic N) is 2. The fourth-order valence-corrected chi connectivity index (χ4v) is 4.37. The van der Waals surface area contributed by atoms with Crippen molar-refractivity contribution < 1.29 is 51.6 Å². The predicted octanol–water partition coefficient (Wildman–Crippen LogP) is 2.33. The van der Waals surface area contributed by atoms with E-state index in [1.807, 2.05) is 0 Å². The smallest absolute Gasteiger partial charge is 0.388 e. The lowest BCUT2D eigenvalue weighted by atomic mass is 10.0. The third kappa shape index (κ3) is 5.41. The maximum absolute atomic E-state index is 13.8. The molecule has 1 saturated heterocycles. The van der Waals surface area contributed by atoms with Gasteiger partial charge in [-0.2, -0.15) is 17.6 Å². The Hall–Kier alpha value is -1.58. The average molecular weight is 517 g/mol. The molecule has 33 heavy (non-hydrogen) atoms. The number of aliphatic hydroxyl groups excluding tert-OH is 3. The highest BCUT2D eigenvalue weighted by Gasteiger charge is 2.45. The van der Waals surface area contributed by atoms with Gasteiger partial charge in [0.1, 0.15) is 28.5 Å². The number of rotatable bonds is 6. The van der Waals surface area contributed by atoms with Gasteiger partial charge in [-0.25, -0.2) is 9.97 Å². The Bertz CT molecular complexity index is 1150. The third-order valence-corrected chi connectivity index (χ3v) is 6.92. The van der Waals surface area contributed by atoms with Gasteiger partial charge in [0.15, 0.2) is 11.5 Å². The van der Waals surface area contributed by atoms with Crippen LogP contribution in [-0.2, 0) is 20.0 Å². The van der Waals surface area contributed by atoms with Crippen LogP contribution in [0.5, 0.6) is 0 Å². The summed E-state index contributed by atoms with van der Waals surface area (Å²) in [7, 11) is -4.34. The average Bonchev–Trinajstić information content (AvgIpc) is 2.94. The van der Waals surface area contributed by atoms with Crippen LogP contribution in [0.4, 0.5) is 17.6 Å². The first-order valence-corrected chi connectivity index (χ1v) is 11.6. The zero-order chi connectivity index (χ0) is 24.9. The number of hydrogen-bond acceptors (Lipinski definition) is 9. The summed E-state index contributed by atoms with van der Waals surface area (Å²) < 4.78 is 74.6. The number of pyridine rings is 1. The van der Waals surface area contributed by atoms with Crippen LogP contribution in [0.25, 0.3) is 11.2 Å². The normalized spacial score (nSPS) is 27.5. The van der Waals surface area contributed by atoms with Gasteiger partial charge in [-0.3, -0.25) is 4.57 Å². The quantitative estimate of drug-likeness (QED) is 0.219. The van der Waals surface area contributed by atoms with Gasteiger partial charge in [0.25, 0.3) is 0 Å². The molecule has 0 spiro atoms. The highest BCUT2D eigenvalue weighted by molar-refractivity contribution is 7.71. The minimum atomic E-state index is -5.08. The second-order valence-corrected chi connectivity index (χ2v) is 10.1. The minimum absolute atomic E-state index is 0.00499. The van der Waals surface area contributed by atoms with Crippen LogP contribution in [0, 0.1) is 10.6 Å². The summed E-state index contributed by atoms with van der Waals surface area (Å²) >= 11 is 5.11. The predicted molar refractivity (Wildman–Crippen MR) is 106 cm³/mol. The molecule has 2 aromatic rings. The van der Waals surface area contributed by atoms with E-state index in [1.54, 1.807) is 0 Å². The molecule has 0 radical (unpaired) electrons. The van der Waals surface area contributed by atoms with Crippen molar-refractivity contribution in [2.24, 2.45) is 0 Å². The Morgan fingerprint density at radius 1 is 1.30 bits per heavy atom. The summed E-state index contributed by atoms with van der Waals surface area (Å²) in [5.74, 6) is -3.50. The van der Waals surface area contributed by atoms with Crippen LogP contribution in [0.3, 0.4) is 0 Å². The largest absolute Gasteiger partial charge is 0.438 e. The molecule has 1 aliphatic rings. The molecule has 16 heteroatoms. The highest BCUT2D eigenvalue weighted by atomic mass is 32.1. The number of ether oxygens (including phenoxy) is 1. The SMILES string of the molecule is CC(C[C@H]1O[C@@H](c2cc3nc(F)c(C(F)(F)F)nc3[nH]c2=S)C(O)C1O)OP(=O)(O)C(C)O. The van der Waals surface area contributed by atoms with E-state index in [1.165, 1.54) is 6.92 Å². The molecule has 0 amide bonds. The molecular formula is C17H20F4N3O7PS. The van der Waals surface area contributed by atoms with E-state index in [0.29, 0.717) is 0 Å². The van der Waals surface area contributed by atoms with Crippen LogP contribution in [-0.4, -0.2) is 65.4 Å². The zero-order valence-corrected chi connectivity index (χ0v) is 18.7.